The van der Waals surface area contributed by atoms with Crippen molar-refractivity contribution in [1.29, 1.82) is 0 Å². The number of carbonyl (C=O) groups excluding carboxylic acids is 1. The van der Waals surface area contributed by atoms with Gasteiger partial charge in [0.1, 0.15) is 5.75 Å². The fourth-order valence-corrected chi connectivity index (χ4v) is 5.18. The molecule has 7 heteroatoms. The summed E-state index contributed by atoms with van der Waals surface area (Å²) in [7, 11) is 1.64. The zero-order valence-electron chi connectivity index (χ0n) is 18.7. The standard InChI is InChI=1S/C25H25N3O2S2/c1-14-10-16(3)23-20(11-14)15(2)12-22(27-23)32-17(4)24(29)28-25-26-21(13-31-25)18-6-8-19(30-5)9-7-18/h6-13,17H,1-5H3,(H,26,28,29). The molecule has 0 aliphatic carbocycles. The molecule has 32 heavy (non-hydrogen) atoms. The van der Waals surface area contributed by atoms with Crippen molar-refractivity contribution in [2.24, 2.45) is 0 Å². The molecule has 1 atom stereocenters. The number of ether oxygens (including phenoxy) is 1. The molecule has 4 aromatic rings. The van der Waals surface area contributed by atoms with Crippen LogP contribution in [0, 0.1) is 20.8 Å². The van der Waals surface area contributed by atoms with Gasteiger partial charge in [-0.05, 0) is 75.2 Å². The minimum atomic E-state index is -0.307. The molecular formula is C25H25N3O2S2. The molecule has 5 nitrogen and oxygen atoms in total. The van der Waals surface area contributed by atoms with Crippen molar-refractivity contribution < 1.29 is 9.53 Å². The Hall–Kier alpha value is -2.90. The van der Waals surface area contributed by atoms with E-state index in [0.717, 1.165) is 38.5 Å². The third kappa shape index (κ3) is 4.79. The van der Waals surface area contributed by atoms with E-state index in [0.29, 0.717) is 5.13 Å². The van der Waals surface area contributed by atoms with Crippen LogP contribution in [-0.4, -0.2) is 28.2 Å². The normalized spacial score (nSPS) is 12.0. The molecule has 1 unspecified atom stereocenters. The molecule has 4 rings (SSSR count). The van der Waals surface area contributed by atoms with E-state index in [9.17, 15) is 4.79 Å². The van der Waals surface area contributed by atoms with Crippen molar-refractivity contribution in [1.82, 2.24) is 9.97 Å². The number of benzene rings is 2. The smallest absolute Gasteiger partial charge is 0.239 e. The minimum Gasteiger partial charge on any atom is -0.497 e. The Labute approximate surface area is 196 Å². The predicted molar refractivity (Wildman–Crippen MR) is 134 cm³/mol. The number of hydrogen-bond donors (Lipinski definition) is 1. The molecule has 0 saturated carbocycles. The van der Waals surface area contributed by atoms with Gasteiger partial charge in [0.15, 0.2) is 5.13 Å². The maximum absolute atomic E-state index is 12.8. The molecular weight excluding hydrogens is 438 g/mol. The molecule has 0 fully saturated rings. The predicted octanol–water partition coefficient (Wildman–Crippen LogP) is 6.41. The van der Waals surface area contributed by atoms with Crippen molar-refractivity contribution in [3.8, 4) is 17.0 Å². The van der Waals surface area contributed by atoms with Crippen LogP contribution in [0.2, 0.25) is 0 Å². The Kier molecular flexibility index (Phi) is 6.48. The van der Waals surface area contributed by atoms with Crippen molar-refractivity contribution in [2.45, 2.75) is 38.0 Å². The lowest BCUT2D eigenvalue weighted by atomic mass is 10.0. The van der Waals surface area contributed by atoms with E-state index in [1.165, 1.54) is 34.2 Å². The zero-order chi connectivity index (χ0) is 22.8. The van der Waals surface area contributed by atoms with Crippen LogP contribution in [0.1, 0.15) is 23.6 Å². The van der Waals surface area contributed by atoms with Gasteiger partial charge in [-0.25, -0.2) is 9.97 Å². The van der Waals surface area contributed by atoms with E-state index in [-0.39, 0.29) is 11.2 Å². The number of amides is 1. The number of thioether (sulfide) groups is 1. The van der Waals surface area contributed by atoms with Crippen molar-refractivity contribution in [3.05, 3.63) is 64.5 Å². The van der Waals surface area contributed by atoms with E-state index in [2.05, 4.69) is 49.3 Å². The van der Waals surface area contributed by atoms with Gasteiger partial charge in [-0.2, -0.15) is 0 Å². The number of anilines is 1. The number of nitrogens with zero attached hydrogens (tertiary/aromatic N) is 2. The Bertz CT molecular complexity index is 1280. The Morgan fingerprint density at radius 2 is 1.81 bits per heavy atom. The number of thiazole rings is 1. The molecule has 0 saturated heterocycles. The van der Waals surface area contributed by atoms with E-state index in [1.807, 2.05) is 36.6 Å². The maximum Gasteiger partial charge on any atom is 0.239 e. The number of carbonyl (C=O) groups is 1. The van der Waals surface area contributed by atoms with Gasteiger partial charge in [0.2, 0.25) is 5.91 Å². The number of hydrogen-bond acceptors (Lipinski definition) is 6. The topological polar surface area (TPSA) is 64.1 Å². The molecule has 2 aromatic heterocycles. The maximum atomic E-state index is 12.8. The van der Waals surface area contributed by atoms with Crippen LogP contribution in [0.25, 0.3) is 22.2 Å². The van der Waals surface area contributed by atoms with Gasteiger partial charge in [-0.15, -0.1) is 11.3 Å². The van der Waals surface area contributed by atoms with E-state index >= 15 is 0 Å². The molecule has 0 radical (unpaired) electrons. The third-order valence-electron chi connectivity index (χ3n) is 5.22. The lowest BCUT2D eigenvalue weighted by Gasteiger charge is -2.13. The van der Waals surface area contributed by atoms with Crippen LogP contribution in [0.5, 0.6) is 5.75 Å². The number of fused-ring (bicyclic) bond motifs is 1. The molecule has 0 spiro atoms. The largest absolute Gasteiger partial charge is 0.497 e. The molecule has 0 aliphatic rings. The molecule has 1 amide bonds. The molecule has 164 valence electrons. The second kappa shape index (κ2) is 9.30. The first kappa shape index (κ1) is 22.3. The van der Waals surface area contributed by atoms with Crippen molar-refractivity contribution in [3.63, 3.8) is 0 Å². The zero-order valence-corrected chi connectivity index (χ0v) is 20.4. The van der Waals surface area contributed by atoms with Gasteiger partial charge in [0, 0.05) is 16.3 Å². The highest BCUT2D eigenvalue weighted by Crippen LogP contribution is 2.30. The van der Waals surface area contributed by atoms with Crippen LogP contribution < -0.4 is 10.1 Å². The quantitative estimate of drug-likeness (QED) is 0.335. The van der Waals surface area contributed by atoms with E-state index < -0.39 is 0 Å². The summed E-state index contributed by atoms with van der Waals surface area (Å²) >= 11 is 2.87. The molecule has 0 bridgehead atoms. The highest BCUT2D eigenvalue weighted by atomic mass is 32.2. The Balaban J connectivity index is 1.46. The van der Waals surface area contributed by atoms with E-state index in [4.69, 9.17) is 9.72 Å². The summed E-state index contributed by atoms with van der Waals surface area (Å²) in [5, 5.41) is 7.17. The highest BCUT2D eigenvalue weighted by Gasteiger charge is 2.18. The average molecular weight is 464 g/mol. The number of methoxy groups -OCH3 is 1. The number of rotatable bonds is 6. The Morgan fingerprint density at radius 3 is 2.53 bits per heavy atom. The van der Waals surface area contributed by atoms with Crippen LogP contribution in [0.4, 0.5) is 5.13 Å². The molecule has 2 heterocycles. The third-order valence-corrected chi connectivity index (χ3v) is 6.99. The molecule has 0 aliphatic heterocycles. The van der Waals surface area contributed by atoms with Crippen molar-refractivity contribution >= 4 is 45.0 Å². The fourth-order valence-electron chi connectivity index (χ4n) is 3.54. The van der Waals surface area contributed by atoms with Gasteiger partial charge >= 0.3 is 0 Å². The fraction of sp³-hybridized carbons (Fsp3) is 0.240. The van der Waals surface area contributed by atoms with Gasteiger partial charge < -0.3 is 10.1 Å². The second-order valence-electron chi connectivity index (χ2n) is 7.77. The molecule has 2 aromatic carbocycles. The summed E-state index contributed by atoms with van der Waals surface area (Å²) in [6.45, 7) is 8.16. The van der Waals surface area contributed by atoms with Crippen LogP contribution >= 0.6 is 23.1 Å². The number of aromatic nitrogens is 2. The van der Waals surface area contributed by atoms with Gasteiger partial charge in [-0.1, -0.05) is 23.4 Å². The van der Waals surface area contributed by atoms with Gasteiger partial charge in [0.05, 0.1) is 28.6 Å². The number of pyridine rings is 1. The first-order valence-corrected chi connectivity index (χ1v) is 12.1. The second-order valence-corrected chi connectivity index (χ2v) is 9.99. The van der Waals surface area contributed by atoms with Crippen LogP contribution in [0.3, 0.4) is 0 Å². The Morgan fingerprint density at radius 1 is 1.06 bits per heavy atom. The SMILES string of the molecule is COc1ccc(-c2csc(NC(=O)C(C)Sc3cc(C)c4cc(C)cc(C)c4n3)n2)cc1. The lowest BCUT2D eigenvalue weighted by Crippen LogP contribution is -2.22. The summed E-state index contributed by atoms with van der Waals surface area (Å²) < 4.78 is 5.20. The number of aryl methyl sites for hydroxylation is 3. The average Bonchev–Trinajstić information content (AvgIpc) is 3.23. The van der Waals surface area contributed by atoms with Crippen molar-refractivity contribution in [2.75, 3.05) is 12.4 Å². The number of nitrogens with one attached hydrogen (secondary N) is 1. The summed E-state index contributed by atoms with van der Waals surface area (Å²) in [5.74, 6) is 0.706. The summed E-state index contributed by atoms with van der Waals surface area (Å²) in [6, 6.07) is 14.1. The monoisotopic (exact) mass is 463 g/mol. The van der Waals surface area contributed by atoms with Gasteiger partial charge in [-0.3, -0.25) is 4.79 Å². The summed E-state index contributed by atoms with van der Waals surface area (Å²) in [4.78, 5) is 22.2. The first-order chi connectivity index (χ1) is 15.3. The van der Waals surface area contributed by atoms with E-state index in [1.54, 1.807) is 7.11 Å². The first-order valence-electron chi connectivity index (χ1n) is 10.3. The summed E-state index contributed by atoms with van der Waals surface area (Å²) in [6.07, 6.45) is 0. The summed E-state index contributed by atoms with van der Waals surface area (Å²) in [5.41, 5.74) is 6.34. The highest BCUT2D eigenvalue weighted by molar-refractivity contribution is 8.00. The van der Waals surface area contributed by atoms with Crippen LogP contribution in [-0.2, 0) is 4.79 Å². The molecule has 1 N–H and O–H groups in total. The minimum absolute atomic E-state index is 0.0918. The van der Waals surface area contributed by atoms with Gasteiger partial charge in [0.25, 0.3) is 0 Å². The lowest BCUT2D eigenvalue weighted by molar-refractivity contribution is -0.115. The van der Waals surface area contributed by atoms with Crippen LogP contribution in [0.15, 0.2) is 52.9 Å².